The smallest absolute Gasteiger partial charge is 0.421 e. The number of nitrogens with one attached hydrogen (secondary N) is 1. The number of amides is 1. The van der Waals surface area contributed by atoms with Gasteiger partial charge in [-0.25, -0.2) is 29.3 Å². The Hall–Kier alpha value is -4.29. The molecule has 0 aliphatic heterocycles. The van der Waals surface area contributed by atoms with Gasteiger partial charge in [-0.15, -0.1) is 0 Å². The third-order valence-electron chi connectivity index (χ3n) is 5.31. The fourth-order valence-corrected chi connectivity index (χ4v) is 5.38. The van der Waals surface area contributed by atoms with Crippen LogP contribution in [-0.4, -0.2) is 46.8 Å². The quantitative estimate of drug-likeness (QED) is 0.153. The molecule has 0 spiro atoms. The van der Waals surface area contributed by atoms with Crippen LogP contribution in [0.25, 0.3) is 0 Å². The number of carbonyl (C=O) groups is 3. The van der Waals surface area contributed by atoms with Gasteiger partial charge in [-0.3, -0.25) is 0 Å². The van der Waals surface area contributed by atoms with Crippen LogP contribution in [0.3, 0.4) is 0 Å². The summed E-state index contributed by atoms with van der Waals surface area (Å²) in [6, 6.07) is 18.8. The van der Waals surface area contributed by atoms with Gasteiger partial charge in [0.25, 0.3) is 0 Å². The van der Waals surface area contributed by atoms with Crippen molar-refractivity contribution in [1.29, 1.82) is 0 Å². The van der Waals surface area contributed by atoms with E-state index in [1.165, 1.54) is 16.2 Å². The fraction of sp³-hybridized carbons (Fsp3) is 0.323. The highest BCUT2D eigenvalue weighted by atomic mass is 32.1. The van der Waals surface area contributed by atoms with Gasteiger partial charge >= 0.3 is 18.0 Å². The lowest BCUT2D eigenvalue weighted by molar-refractivity contribution is 0.0521. The molecule has 0 radical (unpaired) electrons. The summed E-state index contributed by atoms with van der Waals surface area (Å²) in [4.78, 5) is 47.4. The number of thiazole rings is 2. The molecule has 1 N–H and O–H groups in total. The molecule has 1 amide bonds. The maximum atomic E-state index is 12.7. The highest BCUT2D eigenvalue weighted by Crippen LogP contribution is 2.33. The first-order valence-corrected chi connectivity index (χ1v) is 15.3. The topological polar surface area (TPSA) is 120 Å². The lowest BCUT2D eigenvalue weighted by Crippen LogP contribution is -2.33. The van der Waals surface area contributed by atoms with E-state index in [2.05, 4.69) is 15.3 Å². The van der Waals surface area contributed by atoms with Crippen molar-refractivity contribution in [3.63, 3.8) is 0 Å². The minimum atomic E-state index is -0.652. The monoisotopic (exact) mass is 624 g/mol. The Bertz CT molecular complexity index is 1510. The van der Waals surface area contributed by atoms with E-state index in [0.29, 0.717) is 43.7 Å². The number of benzene rings is 2. The molecule has 0 unspecified atom stereocenters. The van der Waals surface area contributed by atoms with Crippen LogP contribution >= 0.6 is 22.7 Å². The zero-order chi connectivity index (χ0) is 31.6. The molecule has 0 atom stereocenters. The lowest BCUT2D eigenvalue weighted by Gasteiger charge is -2.25. The van der Waals surface area contributed by atoms with Gasteiger partial charge in [-0.2, -0.15) is 0 Å². The van der Waals surface area contributed by atoms with Crippen LogP contribution in [0.4, 0.5) is 26.4 Å². The normalized spacial score (nSPS) is 10.7. The van der Waals surface area contributed by atoms with Crippen molar-refractivity contribution in [3.8, 4) is 0 Å². The molecule has 2 aromatic carbocycles. The van der Waals surface area contributed by atoms with Crippen LogP contribution in [0, 0.1) is 13.8 Å². The van der Waals surface area contributed by atoms with E-state index in [1.54, 1.807) is 60.6 Å². The van der Waals surface area contributed by atoms with E-state index in [1.807, 2.05) is 48.5 Å². The van der Waals surface area contributed by atoms with Gasteiger partial charge in [-0.1, -0.05) is 59.1 Å². The Labute approximate surface area is 259 Å². The summed E-state index contributed by atoms with van der Waals surface area (Å²) >= 11 is 2.41. The summed E-state index contributed by atoms with van der Waals surface area (Å²) in [6.07, 6.45) is -0.553. The average molecular weight is 625 g/mol. The van der Waals surface area contributed by atoms with Gasteiger partial charge in [0.1, 0.15) is 15.4 Å². The zero-order valence-electron chi connectivity index (χ0n) is 25.3. The number of anilines is 4. The molecule has 2 heterocycles. The van der Waals surface area contributed by atoms with Gasteiger partial charge in [0.05, 0.1) is 30.3 Å². The summed E-state index contributed by atoms with van der Waals surface area (Å²) < 4.78 is 15.5. The van der Waals surface area contributed by atoms with Crippen molar-refractivity contribution in [2.45, 2.75) is 54.1 Å². The van der Waals surface area contributed by atoms with Gasteiger partial charge in [0, 0.05) is 5.69 Å². The molecule has 0 aliphatic carbocycles. The number of esters is 2. The first kappa shape index (κ1) is 33.2. The number of aromatic nitrogens is 2. The number of hydrogen-bond donors (Lipinski definition) is 1. The summed E-state index contributed by atoms with van der Waals surface area (Å²) in [5, 5.41) is 4.22. The Morgan fingerprint density at radius 1 is 0.791 bits per heavy atom. The Balaban J connectivity index is 0.000000248. The van der Waals surface area contributed by atoms with E-state index in [-0.39, 0.29) is 12.6 Å². The van der Waals surface area contributed by atoms with E-state index in [4.69, 9.17) is 14.2 Å². The summed E-state index contributed by atoms with van der Waals surface area (Å²) in [5.41, 5.74) is 2.11. The molecule has 43 heavy (non-hydrogen) atoms. The van der Waals surface area contributed by atoms with Gasteiger partial charge in [0.15, 0.2) is 5.13 Å². The van der Waals surface area contributed by atoms with Gasteiger partial charge in [-0.05, 0) is 72.7 Å². The Morgan fingerprint density at radius 2 is 1.30 bits per heavy atom. The molecule has 0 saturated carbocycles. The number of para-hydroxylation sites is 2. The first-order valence-electron chi connectivity index (χ1n) is 13.6. The van der Waals surface area contributed by atoms with E-state index in [0.717, 1.165) is 17.0 Å². The first-order chi connectivity index (χ1) is 20.4. The molecule has 0 bridgehead atoms. The number of nitrogens with zero attached hydrogens (tertiary/aromatic N) is 3. The standard InChI is InChI=1S/C18H22N2O4S.C13H14N2O2S/c1-6-23-15(21)14-12(2)19-16(25-14)20(13-10-8-7-9-11-13)17(22)24-18(3,4)5;1-3-17-12(16)11-9(2)14-13(18-11)15-10-7-5-4-6-8-10/h7-11H,6H2,1-5H3;4-8H,3H2,1-2H3,(H,14,15). The van der Waals surface area contributed by atoms with Crippen LogP contribution in [0.2, 0.25) is 0 Å². The summed E-state index contributed by atoms with van der Waals surface area (Å²) in [5.74, 6) is -0.755. The van der Waals surface area contributed by atoms with Gasteiger partial charge in [0.2, 0.25) is 5.13 Å². The van der Waals surface area contributed by atoms with E-state index >= 15 is 0 Å². The van der Waals surface area contributed by atoms with Crippen molar-refractivity contribution in [1.82, 2.24) is 9.97 Å². The second-order valence-electron chi connectivity index (χ2n) is 9.93. The van der Waals surface area contributed by atoms with E-state index in [9.17, 15) is 14.4 Å². The van der Waals surface area contributed by atoms with Gasteiger partial charge < -0.3 is 19.5 Å². The molecule has 2 aromatic heterocycles. The molecular weight excluding hydrogens is 588 g/mol. The number of rotatable bonds is 8. The van der Waals surface area contributed by atoms with Crippen LogP contribution in [0.5, 0.6) is 0 Å². The van der Waals surface area contributed by atoms with E-state index < -0.39 is 17.7 Å². The minimum Gasteiger partial charge on any atom is -0.462 e. The van der Waals surface area contributed by atoms with Crippen LogP contribution < -0.4 is 10.2 Å². The van der Waals surface area contributed by atoms with Crippen molar-refractivity contribution < 1.29 is 28.6 Å². The molecule has 0 saturated heterocycles. The Morgan fingerprint density at radius 3 is 1.84 bits per heavy atom. The third-order valence-corrected chi connectivity index (χ3v) is 7.49. The molecule has 0 aliphatic rings. The van der Waals surface area contributed by atoms with Crippen molar-refractivity contribution in [2.24, 2.45) is 0 Å². The SMILES string of the molecule is CCOC(=O)c1sc(N(C(=O)OC(C)(C)C)c2ccccc2)nc1C.CCOC(=O)c1sc(Nc2ccccc2)nc1C. The van der Waals surface area contributed by atoms with Crippen LogP contribution in [0.1, 0.15) is 65.3 Å². The maximum Gasteiger partial charge on any atom is 0.421 e. The molecule has 12 heteroatoms. The van der Waals surface area contributed by atoms with Crippen molar-refractivity contribution in [3.05, 3.63) is 81.8 Å². The minimum absolute atomic E-state index is 0.278. The number of hydrogen-bond acceptors (Lipinski definition) is 11. The third kappa shape index (κ3) is 9.62. The number of carbonyl (C=O) groups excluding carboxylic acids is 3. The second kappa shape index (κ2) is 15.3. The Kier molecular flexibility index (Phi) is 11.8. The second-order valence-corrected chi connectivity index (χ2v) is 11.9. The molecule has 0 fully saturated rings. The zero-order valence-corrected chi connectivity index (χ0v) is 26.9. The van der Waals surface area contributed by atoms with Crippen molar-refractivity contribution >= 4 is 62.3 Å². The van der Waals surface area contributed by atoms with Crippen LogP contribution in [0.15, 0.2) is 60.7 Å². The number of aryl methyl sites for hydroxylation is 2. The average Bonchev–Trinajstić information content (AvgIpc) is 3.51. The summed E-state index contributed by atoms with van der Waals surface area (Å²) in [7, 11) is 0. The maximum absolute atomic E-state index is 12.7. The fourth-order valence-electron chi connectivity index (χ4n) is 3.52. The molecule has 10 nitrogen and oxygen atoms in total. The largest absolute Gasteiger partial charge is 0.462 e. The van der Waals surface area contributed by atoms with Crippen molar-refractivity contribution in [2.75, 3.05) is 23.4 Å². The predicted molar refractivity (Wildman–Crippen MR) is 170 cm³/mol. The number of ether oxygens (including phenoxy) is 3. The van der Waals surface area contributed by atoms with Crippen LogP contribution in [-0.2, 0) is 14.2 Å². The molecular formula is C31H36N4O6S2. The summed E-state index contributed by atoms with van der Waals surface area (Å²) in [6.45, 7) is 13.1. The molecule has 4 aromatic rings. The molecule has 4 rings (SSSR count). The lowest BCUT2D eigenvalue weighted by atomic mass is 10.2. The highest BCUT2D eigenvalue weighted by molar-refractivity contribution is 7.18. The highest BCUT2D eigenvalue weighted by Gasteiger charge is 2.29. The molecule has 228 valence electrons. The predicted octanol–water partition coefficient (Wildman–Crippen LogP) is 8.07.